The summed E-state index contributed by atoms with van der Waals surface area (Å²) in [6.07, 6.45) is 2.22. The van der Waals surface area contributed by atoms with Gasteiger partial charge >= 0.3 is 0 Å². The third-order valence-electron chi connectivity index (χ3n) is 5.23. The monoisotopic (exact) mass is 351 g/mol. The molecule has 2 aromatic rings. The van der Waals surface area contributed by atoms with Crippen molar-refractivity contribution >= 4 is 23.4 Å². The maximum absolute atomic E-state index is 11.5. The normalized spacial score (nSPS) is 17.2. The minimum atomic E-state index is 0.147. The van der Waals surface area contributed by atoms with Crippen molar-refractivity contribution in [2.45, 2.75) is 26.7 Å². The zero-order valence-electron chi connectivity index (χ0n) is 15.5. The lowest BCUT2D eigenvalue weighted by Crippen LogP contribution is -2.48. The van der Waals surface area contributed by atoms with Gasteiger partial charge in [-0.15, -0.1) is 0 Å². The van der Waals surface area contributed by atoms with Gasteiger partial charge in [0.2, 0.25) is 11.9 Å². The second-order valence-corrected chi connectivity index (χ2v) is 7.04. The van der Waals surface area contributed by atoms with Gasteiger partial charge in [-0.25, -0.2) is 4.98 Å². The van der Waals surface area contributed by atoms with Crippen molar-refractivity contribution in [3.63, 3.8) is 0 Å². The maximum Gasteiger partial charge on any atom is 0.232 e. The molecule has 1 fully saturated rings. The fraction of sp³-hybridized carbons (Fsp3) is 0.450. The summed E-state index contributed by atoms with van der Waals surface area (Å²) >= 11 is 0. The van der Waals surface area contributed by atoms with E-state index >= 15 is 0 Å². The number of hydrogen-bond acceptors (Lipinski definition) is 5. The van der Waals surface area contributed by atoms with Crippen LogP contribution in [0.1, 0.15) is 24.6 Å². The van der Waals surface area contributed by atoms with Crippen LogP contribution in [0.25, 0.3) is 0 Å². The quantitative estimate of drug-likeness (QED) is 0.832. The van der Waals surface area contributed by atoms with Crippen LogP contribution in [-0.4, -0.2) is 53.5 Å². The van der Waals surface area contributed by atoms with Gasteiger partial charge in [-0.2, -0.15) is 4.98 Å². The Kier molecular flexibility index (Phi) is 4.49. The highest BCUT2D eigenvalue weighted by Gasteiger charge is 2.23. The molecule has 2 aliphatic heterocycles. The van der Waals surface area contributed by atoms with Crippen LogP contribution in [0.4, 0.5) is 17.5 Å². The van der Waals surface area contributed by atoms with Crippen molar-refractivity contribution in [3.05, 3.63) is 41.6 Å². The van der Waals surface area contributed by atoms with E-state index in [2.05, 4.69) is 34.1 Å². The number of aromatic nitrogens is 2. The van der Waals surface area contributed by atoms with E-state index in [-0.39, 0.29) is 5.91 Å². The smallest absolute Gasteiger partial charge is 0.232 e. The van der Waals surface area contributed by atoms with Crippen molar-refractivity contribution in [1.29, 1.82) is 0 Å². The molecule has 0 atom stereocenters. The van der Waals surface area contributed by atoms with E-state index in [1.165, 1.54) is 11.3 Å². The number of amides is 1. The van der Waals surface area contributed by atoms with Crippen LogP contribution < -0.4 is 9.80 Å². The molecule has 4 rings (SSSR count). The number of aryl methyl sites for hydroxylation is 2. The number of anilines is 3. The number of piperazine rings is 1. The molecule has 0 radical (unpaired) electrons. The Bertz CT molecular complexity index is 814. The Morgan fingerprint density at radius 2 is 1.81 bits per heavy atom. The number of rotatable bonds is 2. The van der Waals surface area contributed by atoms with E-state index in [0.717, 1.165) is 63.0 Å². The average Bonchev–Trinajstić information content (AvgIpc) is 2.67. The topological polar surface area (TPSA) is 52.6 Å². The largest absolute Gasteiger partial charge is 0.353 e. The number of benzene rings is 1. The van der Waals surface area contributed by atoms with Crippen molar-refractivity contribution in [2.75, 3.05) is 42.5 Å². The van der Waals surface area contributed by atoms with E-state index in [1.54, 1.807) is 6.92 Å². The summed E-state index contributed by atoms with van der Waals surface area (Å²) in [4.78, 5) is 27.5. The van der Waals surface area contributed by atoms with Crippen molar-refractivity contribution in [3.8, 4) is 0 Å². The molecule has 26 heavy (non-hydrogen) atoms. The van der Waals surface area contributed by atoms with Crippen LogP contribution in [0.15, 0.2) is 30.3 Å². The van der Waals surface area contributed by atoms with Crippen LogP contribution in [0, 0.1) is 6.92 Å². The van der Waals surface area contributed by atoms with E-state index in [1.807, 2.05) is 17.9 Å². The predicted octanol–water partition coefficient (Wildman–Crippen LogP) is 2.54. The number of carbonyl (C=O) groups excluding carboxylic acids is 1. The van der Waals surface area contributed by atoms with Gasteiger partial charge in [0.15, 0.2) is 0 Å². The highest BCUT2D eigenvalue weighted by atomic mass is 16.2. The van der Waals surface area contributed by atoms with E-state index in [4.69, 9.17) is 9.97 Å². The summed E-state index contributed by atoms with van der Waals surface area (Å²) in [5, 5.41) is 0. The lowest BCUT2D eigenvalue weighted by molar-refractivity contribution is -0.129. The predicted molar refractivity (Wildman–Crippen MR) is 103 cm³/mol. The highest BCUT2D eigenvalue weighted by molar-refractivity contribution is 5.73. The third-order valence-corrected chi connectivity index (χ3v) is 5.23. The molecule has 0 spiro atoms. The van der Waals surface area contributed by atoms with Gasteiger partial charge in [-0.1, -0.05) is 18.2 Å². The molecule has 3 heterocycles. The molecule has 0 saturated carbocycles. The molecule has 1 aromatic heterocycles. The summed E-state index contributed by atoms with van der Waals surface area (Å²) in [5.74, 6) is 1.88. The van der Waals surface area contributed by atoms with Gasteiger partial charge in [0.1, 0.15) is 5.82 Å². The molecular weight excluding hydrogens is 326 g/mol. The third kappa shape index (κ3) is 3.23. The molecule has 1 amide bonds. The lowest BCUT2D eigenvalue weighted by Gasteiger charge is -2.36. The van der Waals surface area contributed by atoms with Crippen LogP contribution in [0.5, 0.6) is 0 Å². The van der Waals surface area contributed by atoms with Gasteiger partial charge in [0, 0.05) is 57.1 Å². The SMILES string of the molecule is CC(=O)N1CCN(c2cc(C)nc(N3CCCc4ccccc43)n2)CC1. The number of nitrogens with zero attached hydrogens (tertiary/aromatic N) is 5. The molecule has 0 N–H and O–H groups in total. The Balaban J connectivity index is 1.61. The van der Waals surface area contributed by atoms with Crippen LogP contribution >= 0.6 is 0 Å². The first-order valence-electron chi connectivity index (χ1n) is 9.33. The molecule has 0 aliphatic carbocycles. The van der Waals surface area contributed by atoms with Gasteiger partial charge in [0.05, 0.1) is 0 Å². The lowest BCUT2D eigenvalue weighted by atomic mass is 10.0. The summed E-state index contributed by atoms with van der Waals surface area (Å²) < 4.78 is 0. The Morgan fingerprint density at radius 1 is 1.04 bits per heavy atom. The van der Waals surface area contributed by atoms with E-state index < -0.39 is 0 Å². The fourth-order valence-corrected chi connectivity index (χ4v) is 3.81. The summed E-state index contributed by atoms with van der Waals surface area (Å²) in [7, 11) is 0. The fourth-order valence-electron chi connectivity index (χ4n) is 3.81. The van der Waals surface area contributed by atoms with Gasteiger partial charge in [-0.3, -0.25) is 4.79 Å². The van der Waals surface area contributed by atoms with Crippen LogP contribution in [-0.2, 0) is 11.2 Å². The highest BCUT2D eigenvalue weighted by Crippen LogP contribution is 2.32. The number of carbonyl (C=O) groups is 1. The standard InChI is InChI=1S/C20H25N5O/c1-15-14-19(24-12-10-23(11-13-24)16(2)26)22-20(21-15)25-9-5-7-17-6-3-4-8-18(17)25/h3-4,6,8,14H,5,7,9-13H2,1-2H3. The Morgan fingerprint density at radius 3 is 2.58 bits per heavy atom. The van der Waals surface area contributed by atoms with Gasteiger partial charge in [-0.05, 0) is 31.4 Å². The van der Waals surface area contributed by atoms with E-state index in [0.29, 0.717) is 0 Å². The molecule has 0 unspecified atom stereocenters. The molecule has 1 saturated heterocycles. The van der Waals surface area contributed by atoms with Gasteiger partial charge in [0.25, 0.3) is 0 Å². The second-order valence-electron chi connectivity index (χ2n) is 7.04. The Labute approximate surface area is 154 Å². The first kappa shape index (κ1) is 16.8. The zero-order chi connectivity index (χ0) is 18.1. The maximum atomic E-state index is 11.5. The zero-order valence-corrected chi connectivity index (χ0v) is 15.5. The summed E-state index contributed by atoms with van der Waals surface area (Å²) in [6.45, 7) is 7.73. The number of para-hydroxylation sites is 1. The molecule has 6 nitrogen and oxygen atoms in total. The molecular formula is C20H25N5O. The first-order valence-corrected chi connectivity index (χ1v) is 9.33. The molecule has 136 valence electrons. The van der Waals surface area contributed by atoms with Gasteiger partial charge < -0.3 is 14.7 Å². The molecule has 0 bridgehead atoms. The van der Waals surface area contributed by atoms with Crippen molar-refractivity contribution in [2.24, 2.45) is 0 Å². The van der Waals surface area contributed by atoms with E-state index in [9.17, 15) is 4.79 Å². The minimum absolute atomic E-state index is 0.147. The van der Waals surface area contributed by atoms with Crippen LogP contribution in [0.3, 0.4) is 0 Å². The second kappa shape index (κ2) is 6.94. The Hall–Kier alpha value is -2.63. The molecule has 1 aromatic carbocycles. The van der Waals surface area contributed by atoms with Crippen LogP contribution in [0.2, 0.25) is 0 Å². The molecule has 6 heteroatoms. The average molecular weight is 351 g/mol. The number of fused-ring (bicyclic) bond motifs is 1. The minimum Gasteiger partial charge on any atom is -0.353 e. The summed E-state index contributed by atoms with van der Waals surface area (Å²) in [6, 6.07) is 10.6. The van der Waals surface area contributed by atoms with Crippen molar-refractivity contribution < 1.29 is 4.79 Å². The summed E-state index contributed by atoms with van der Waals surface area (Å²) in [5.41, 5.74) is 3.55. The molecule has 2 aliphatic rings. The first-order chi connectivity index (χ1) is 12.6. The van der Waals surface area contributed by atoms with Crippen molar-refractivity contribution in [1.82, 2.24) is 14.9 Å². The number of hydrogen-bond donors (Lipinski definition) is 0.